The van der Waals surface area contributed by atoms with Crippen molar-refractivity contribution in [2.45, 2.75) is 32.2 Å². The fourth-order valence-corrected chi connectivity index (χ4v) is 3.72. The normalized spacial score (nSPS) is 18.3. The van der Waals surface area contributed by atoms with E-state index in [2.05, 4.69) is 5.32 Å². The van der Waals surface area contributed by atoms with Gasteiger partial charge in [0.25, 0.3) is 0 Å². The minimum atomic E-state index is -3.40. The summed E-state index contributed by atoms with van der Waals surface area (Å²) in [5.74, 6) is -0.770. The summed E-state index contributed by atoms with van der Waals surface area (Å²) < 4.78 is 29.7. The molecule has 7 nitrogen and oxygen atoms in total. The summed E-state index contributed by atoms with van der Waals surface area (Å²) in [6.07, 6.45) is 3.01. The molecular weight excluding hydrogens is 332 g/mol. The van der Waals surface area contributed by atoms with Gasteiger partial charge >= 0.3 is 5.97 Å². The number of ether oxygens (including phenoxy) is 1. The number of nitrogens with one attached hydrogen (secondary N) is 1. The molecular formula is C16H22N2O5S. The largest absolute Gasteiger partial charge is 0.462 e. The molecule has 8 heteroatoms. The first-order valence-corrected chi connectivity index (χ1v) is 9.72. The summed E-state index contributed by atoms with van der Waals surface area (Å²) in [7, 11) is -3.40. The predicted molar refractivity (Wildman–Crippen MR) is 90.2 cm³/mol. The average molecular weight is 354 g/mol. The van der Waals surface area contributed by atoms with Crippen molar-refractivity contribution in [2.24, 2.45) is 0 Å². The lowest BCUT2D eigenvalue weighted by Crippen LogP contribution is -2.42. The molecule has 132 valence electrons. The first kappa shape index (κ1) is 18.4. The molecule has 0 aliphatic carbocycles. The van der Waals surface area contributed by atoms with Gasteiger partial charge in [-0.1, -0.05) is 6.92 Å². The zero-order chi connectivity index (χ0) is 17.7. The smallest absolute Gasteiger partial charge is 0.338 e. The van der Waals surface area contributed by atoms with E-state index in [1.54, 1.807) is 24.3 Å². The summed E-state index contributed by atoms with van der Waals surface area (Å²) in [5, 5.41) is 2.70. The monoisotopic (exact) mass is 354 g/mol. The number of anilines is 1. The third-order valence-electron chi connectivity index (χ3n) is 3.76. The molecule has 1 amide bonds. The molecule has 1 atom stereocenters. The van der Waals surface area contributed by atoms with E-state index in [1.807, 2.05) is 6.92 Å². The number of sulfonamides is 1. The van der Waals surface area contributed by atoms with Crippen LogP contribution in [-0.2, 0) is 19.6 Å². The van der Waals surface area contributed by atoms with Gasteiger partial charge in [0.05, 0.1) is 18.4 Å². The highest BCUT2D eigenvalue weighted by molar-refractivity contribution is 7.88. The molecule has 0 aromatic heterocycles. The van der Waals surface area contributed by atoms with Gasteiger partial charge in [-0.3, -0.25) is 4.79 Å². The summed E-state index contributed by atoms with van der Waals surface area (Å²) in [4.78, 5) is 24.0. The van der Waals surface area contributed by atoms with Crippen LogP contribution >= 0.6 is 0 Å². The van der Waals surface area contributed by atoms with Crippen molar-refractivity contribution in [3.8, 4) is 0 Å². The SMILES string of the molecule is CCCOC(=O)c1ccc(NC(=O)[C@@H]2CCCN2S(C)(=O)=O)cc1. The van der Waals surface area contributed by atoms with Gasteiger partial charge in [0, 0.05) is 12.2 Å². The molecule has 0 unspecified atom stereocenters. The molecule has 1 heterocycles. The van der Waals surface area contributed by atoms with Crippen LogP contribution in [0.1, 0.15) is 36.5 Å². The number of esters is 1. The number of benzene rings is 1. The van der Waals surface area contributed by atoms with Crippen LogP contribution in [0, 0.1) is 0 Å². The fourth-order valence-electron chi connectivity index (χ4n) is 2.59. The van der Waals surface area contributed by atoms with Gasteiger partial charge in [-0.15, -0.1) is 0 Å². The molecule has 0 radical (unpaired) electrons. The summed E-state index contributed by atoms with van der Waals surface area (Å²) in [6, 6.07) is 5.64. The van der Waals surface area contributed by atoms with E-state index in [4.69, 9.17) is 4.74 Å². The maximum Gasteiger partial charge on any atom is 0.338 e. The molecule has 1 aliphatic rings. The molecule has 24 heavy (non-hydrogen) atoms. The molecule has 0 spiro atoms. The Labute approximate surface area is 142 Å². The van der Waals surface area contributed by atoms with E-state index in [9.17, 15) is 18.0 Å². The lowest BCUT2D eigenvalue weighted by Gasteiger charge is -2.21. The highest BCUT2D eigenvalue weighted by Gasteiger charge is 2.36. The van der Waals surface area contributed by atoms with Gasteiger partial charge < -0.3 is 10.1 Å². The van der Waals surface area contributed by atoms with Crippen molar-refractivity contribution in [3.63, 3.8) is 0 Å². The predicted octanol–water partition coefficient (Wildman–Crippen LogP) is 1.62. The summed E-state index contributed by atoms with van der Waals surface area (Å²) >= 11 is 0. The van der Waals surface area contributed by atoms with Gasteiger partial charge in [-0.2, -0.15) is 4.31 Å². The van der Waals surface area contributed by atoms with Crippen LogP contribution in [0.3, 0.4) is 0 Å². The van der Waals surface area contributed by atoms with Crippen molar-refractivity contribution in [1.82, 2.24) is 4.31 Å². The summed E-state index contributed by atoms with van der Waals surface area (Å²) in [5.41, 5.74) is 0.910. The van der Waals surface area contributed by atoms with Gasteiger partial charge in [0.15, 0.2) is 0 Å². The number of carbonyl (C=O) groups is 2. The van der Waals surface area contributed by atoms with Crippen molar-refractivity contribution >= 4 is 27.6 Å². The van der Waals surface area contributed by atoms with Crippen LogP contribution in [0.25, 0.3) is 0 Å². The molecule has 2 rings (SSSR count). The van der Waals surface area contributed by atoms with Gasteiger partial charge in [0.2, 0.25) is 15.9 Å². The van der Waals surface area contributed by atoms with Crippen molar-refractivity contribution in [3.05, 3.63) is 29.8 Å². The Morgan fingerprint density at radius 3 is 2.54 bits per heavy atom. The standard InChI is InChI=1S/C16H22N2O5S/c1-3-11-23-16(20)12-6-8-13(9-7-12)17-15(19)14-5-4-10-18(14)24(2,21)22/h6-9,14H,3-5,10-11H2,1-2H3,(H,17,19)/t14-/m0/s1. The number of amides is 1. The third-order valence-corrected chi connectivity index (χ3v) is 5.05. The van der Waals surface area contributed by atoms with Gasteiger partial charge in [0.1, 0.15) is 6.04 Å². The van der Waals surface area contributed by atoms with E-state index in [0.29, 0.717) is 37.2 Å². The lowest BCUT2D eigenvalue weighted by atomic mass is 10.2. The molecule has 1 N–H and O–H groups in total. The van der Waals surface area contributed by atoms with Crippen molar-refractivity contribution < 1.29 is 22.7 Å². The van der Waals surface area contributed by atoms with E-state index in [0.717, 1.165) is 12.7 Å². The Kier molecular flexibility index (Phi) is 5.95. The minimum absolute atomic E-state index is 0.360. The van der Waals surface area contributed by atoms with E-state index in [1.165, 1.54) is 4.31 Å². The Morgan fingerprint density at radius 1 is 1.29 bits per heavy atom. The number of rotatable bonds is 6. The summed E-state index contributed by atoms with van der Waals surface area (Å²) in [6.45, 7) is 2.63. The number of hydrogen-bond donors (Lipinski definition) is 1. The Morgan fingerprint density at radius 2 is 1.96 bits per heavy atom. The highest BCUT2D eigenvalue weighted by atomic mass is 32.2. The quantitative estimate of drug-likeness (QED) is 0.784. The second-order valence-electron chi connectivity index (χ2n) is 5.73. The third kappa shape index (κ3) is 4.55. The van der Waals surface area contributed by atoms with Gasteiger partial charge in [-0.25, -0.2) is 13.2 Å². The number of hydrogen-bond acceptors (Lipinski definition) is 5. The van der Waals surface area contributed by atoms with E-state index >= 15 is 0 Å². The molecule has 1 saturated heterocycles. The van der Waals surface area contributed by atoms with Crippen LogP contribution in [0.2, 0.25) is 0 Å². The zero-order valence-corrected chi connectivity index (χ0v) is 14.6. The number of carbonyl (C=O) groups excluding carboxylic acids is 2. The minimum Gasteiger partial charge on any atom is -0.462 e. The topological polar surface area (TPSA) is 92.8 Å². The maximum atomic E-state index is 12.3. The molecule has 1 aromatic rings. The Hall–Kier alpha value is -1.93. The molecule has 0 bridgehead atoms. The first-order chi connectivity index (χ1) is 11.3. The highest BCUT2D eigenvalue weighted by Crippen LogP contribution is 2.22. The second kappa shape index (κ2) is 7.76. The fraction of sp³-hybridized carbons (Fsp3) is 0.500. The first-order valence-electron chi connectivity index (χ1n) is 7.88. The van der Waals surface area contributed by atoms with Crippen molar-refractivity contribution in [2.75, 3.05) is 24.7 Å². The molecule has 1 aliphatic heterocycles. The van der Waals surface area contributed by atoms with E-state index in [-0.39, 0.29) is 5.91 Å². The maximum absolute atomic E-state index is 12.3. The van der Waals surface area contributed by atoms with Crippen LogP contribution in [0.15, 0.2) is 24.3 Å². The molecule has 1 aromatic carbocycles. The lowest BCUT2D eigenvalue weighted by molar-refractivity contribution is -0.119. The molecule has 1 fully saturated rings. The van der Waals surface area contributed by atoms with Crippen LogP contribution < -0.4 is 5.32 Å². The Balaban J connectivity index is 2.01. The van der Waals surface area contributed by atoms with Gasteiger partial charge in [-0.05, 0) is 43.5 Å². The average Bonchev–Trinajstić information content (AvgIpc) is 3.03. The molecule has 0 saturated carbocycles. The van der Waals surface area contributed by atoms with E-state index < -0.39 is 22.0 Å². The van der Waals surface area contributed by atoms with Crippen LogP contribution in [-0.4, -0.2) is 50.0 Å². The number of nitrogens with zero attached hydrogens (tertiary/aromatic N) is 1. The second-order valence-corrected chi connectivity index (χ2v) is 7.67. The Bertz CT molecular complexity index is 700. The van der Waals surface area contributed by atoms with Crippen LogP contribution in [0.5, 0.6) is 0 Å². The zero-order valence-electron chi connectivity index (χ0n) is 13.8. The van der Waals surface area contributed by atoms with Crippen LogP contribution in [0.4, 0.5) is 5.69 Å². The van der Waals surface area contributed by atoms with Crippen molar-refractivity contribution in [1.29, 1.82) is 0 Å².